The molecule has 3 N–H and O–H groups in total. The summed E-state index contributed by atoms with van der Waals surface area (Å²) in [5.74, 6) is 1.27. The van der Waals surface area contributed by atoms with E-state index in [0.717, 1.165) is 11.3 Å². The number of ether oxygens (including phenoxy) is 1. The summed E-state index contributed by atoms with van der Waals surface area (Å²) < 4.78 is 5.24. The molecule has 0 aliphatic heterocycles. The lowest BCUT2D eigenvalue weighted by molar-refractivity contribution is 0.396. The Balaban J connectivity index is 2.79. The Morgan fingerprint density at radius 2 is 2.17 bits per heavy atom. The van der Waals surface area contributed by atoms with Crippen molar-refractivity contribution in [3.63, 3.8) is 0 Å². The molecule has 0 saturated heterocycles. The van der Waals surface area contributed by atoms with Crippen molar-refractivity contribution in [3.05, 3.63) is 42.5 Å². The van der Waals surface area contributed by atoms with Crippen LogP contribution in [-0.2, 0) is 0 Å². The first kappa shape index (κ1) is 14.7. The SMILES string of the molecule is C=CC(C)[C@@H](C)NC(CN)c1cccc(OC)c1. The predicted molar refractivity (Wildman–Crippen MR) is 76.7 cm³/mol. The van der Waals surface area contributed by atoms with E-state index in [2.05, 4.69) is 31.8 Å². The maximum Gasteiger partial charge on any atom is 0.119 e. The second-order valence-corrected chi connectivity index (χ2v) is 4.62. The van der Waals surface area contributed by atoms with Crippen molar-refractivity contribution in [1.82, 2.24) is 5.32 Å². The van der Waals surface area contributed by atoms with Gasteiger partial charge in [-0.1, -0.05) is 25.1 Å². The van der Waals surface area contributed by atoms with Crippen LogP contribution in [0.3, 0.4) is 0 Å². The highest BCUT2D eigenvalue weighted by molar-refractivity contribution is 5.30. The second kappa shape index (κ2) is 7.19. The summed E-state index contributed by atoms with van der Waals surface area (Å²) in [5, 5.41) is 3.53. The summed E-state index contributed by atoms with van der Waals surface area (Å²) in [6, 6.07) is 8.49. The van der Waals surface area contributed by atoms with Gasteiger partial charge >= 0.3 is 0 Å². The fraction of sp³-hybridized carbons (Fsp3) is 0.467. The van der Waals surface area contributed by atoms with Gasteiger partial charge in [0.1, 0.15) is 5.75 Å². The molecule has 1 aromatic carbocycles. The van der Waals surface area contributed by atoms with E-state index >= 15 is 0 Å². The molecule has 3 atom stereocenters. The highest BCUT2D eigenvalue weighted by Gasteiger charge is 2.16. The van der Waals surface area contributed by atoms with E-state index in [1.807, 2.05) is 24.3 Å². The molecule has 3 heteroatoms. The van der Waals surface area contributed by atoms with E-state index in [0.29, 0.717) is 18.5 Å². The standard InChI is InChI=1S/C15H24N2O/c1-5-11(2)12(3)17-15(10-16)13-7-6-8-14(9-13)18-4/h5-9,11-12,15,17H,1,10,16H2,2-4H3/t11?,12-,15?/m1/s1. The van der Waals surface area contributed by atoms with Crippen molar-refractivity contribution in [1.29, 1.82) is 0 Å². The molecule has 0 saturated carbocycles. The Kier molecular flexibility index (Phi) is 5.89. The lowest BCUT2D eigenvalue weighted by Crippen LogP contribution is -2.38. The van der Waals surface area contributed by atoms with Gasteiger partial charge in [0, 0.05) is 18.6 Å². The molecule has 0 amide bonds. The second-order valence-electron chi connectivity index (χ2n) is 4.62. The highest BCUT2D eigenvalue weighted by atomic mass is 16.5. The van der Waals surface area contributed by atoms with Gasteiger partial charge in [-0.3, -0.25) is 0 Å². The van der Waals surface area contributed by atoms with Crippen LogP contribution in [0, 0.1) is 5.92 Å². The topological polar surface area (TPSA) is 47.3 Å². The molecule has 0 aliphatic rings. The van der Waals surface area contributed by atoms with Gasteiger partial charge in [-0.2, -0.15) is 0 Å². The summed E-state index contributed by atoms with van der Waals surface area (Å²) in [6.45, 7) is 8.67. The normalized spacial score (nSPS) is 15.8. The Labute approximate surface area is 110 Å². The number of rotatable bonds is 7. The monoisotopic (exact) mass is 248 g/mol. The van der Waals surface area contributed by atoms with E-state index in [-0.39, 0.29) is 6.04 Å². The Morgan fingerprint density at radius 1 is 1.44 bits per heavy atom. The number of nitrogens with two attached hydrogens (primary N) is 1. The molecule has 0 spiro atoms. The third kappa shape index (κ3) is 3.86. The van der Waals surface area contributed by atoms with Gasteiger partial charge in [0.15, 0.2) is 0 Å². The fourth-order valence-corrected chi connectivity index (χ4v) is 1.83. The maximum absolute atomic E-state index is 5.86. The number of methoxy groups -OCH3 is 1. The molecule has 100 valence electrons. The molecular weight excluding hydrogens is 224 g/mol. The van der Waals surface area contributed by atoms with Crippen LogP contribution < -0.4 is 15.8 Å². The minimum atomic E-state index is 0.137. The molecule has 3 nitrogen and oxygen atoms in total. The smallest absolute Gasteiger partial charge is 0.119 e. The average molecular weight is 248 g/mol. The molecule has 1 rings (SSSR count). The molecule has 0 fully saturated rings. The third-order valence-electron chi connectivity index (χ3n) is 3.36. The molecule has 18 heavy (non-hydrogen) atoms. The van der Waals surface area contributed by atoms with Crippen LogP contribution in [0.4, 0.5) is 0 Å². The van der Waals surface area contributed by atoms with E-state index in [9.17, 15) is 0 Å². The maximum atomic E-state index is 5.86. The minimum absolute atomic E-state index is 0.137. The lowest BCUT2D eigenvalue weighted by atomic mass is 10.0. The molecule has 2 unspecified atom stereocenters. The van der Waals surface area contributed by atoms with E-state index < -0.39 is 0 Å². The van der Waals surface area contributed by atoms with Gasteiger partial charge in [-0.25, -0.2) is 0 Å². The van der Waals surface area contributed by atoms with Gasteiger partial charge in [-0.05, 0) is 30.5 Å². The molecule has 0 aromatic heterocycles. The number of hydrogen-bond acceptors (Lipinski definition) is 3. The van der Waals surface area contributed by atoms with Crippen LogP contribution in [0.1, 0.15) is 25.5 Å². The predicted octanol–water partition coefficient (Wildman–Crippen LogP) is 2.50. The third-order valence-corrected chi connectivity index (χ3v) is 3.36. The Morgan fingerprint density at radius 3 is 2.72 bits per heavy atom. The zero-order valence-corrected chi connectivity index (χ0v) is 11.5. The first-order valence-electron chi connectivity index (χ1n) is 6.35. The zero-order valence-electron chi connectivity index (χ0n) is 11.5. The van der Waals surface area contributed by atoms with Crippen molar-refractivity contribution >= 4 is 0 Å². The quantitative estimate of drug-likeness (QED) is 0.729. The summed E-state index contributed by atoms with van der Waals surface area (Å²) in [6.07, 6.45) is 1.96. The van der Waals surface area contributed by atoms with Crippen molar-refractivity contribution < 1.29 is 4.74 Å². The van der Waals surface area contributed by atoms with Crippen molar-refractivity contribution in [3.8, 4) is 5.75 Å². The van der Waals surface area contributed by atoms with Crippen LogP contribution >= 0.6 is 0 Å². The number of nitrogens with one attached hydrogen (secondary N) is 1. The number of hydrogen-bond donors (Lipinski definition) is 2. The molecule has 0 bridgehead atoms. The Hall–Kier alpha value is -1.32. The van der Waals surface area contributed by atoms with Gasteiger partial charge < -0.3 is 15.8 Å². The van der Waals surface area contributed by atoms with E-state index in [1.54, 1.807) is 7.11 Å². The van der Waals surface area contributed by atoms with Crippen molar-refractivity contribution in [2.45, 2.75) is 25.9 Å². The fourth-order valence-electron chi connectivity index (χ4n) is 1.83. The molecule has 0 aliphatic carbocycles. The van der Waals surface area contributed by atoms with E-state index in [4.69, 9.17) is 10.5 Å². The largest absolute Gasteiger partial charge is 0.497 e. The van der Waals surface area contributed by atoms with Gasteiger partial charge in [0.2, 0.25) is 0 Å². The van der Waals surface area contributed by atoms with Crippen LogP contribution in [0.2, 0.25) is 0 Å². The molecular formula is C15H24N2O. The van der Waals surface area contributed by atoms with Crippen LogP contribution in [0.5, 0.6) is 5.75 Å². The lowest BCUT2D eigenvalue weighted by Gasteiger charge is -2.25. The average Bonchev–Trinajstić information content (AvgIpc) is 2.43. The molecule has 0 radical (unpaired) electrons. The van der Waals surface area contributed by atoms with Crippen LogP contribution in [0.25, 0.3) is 0 Å². The summed E-state index contributed by atoms with van der Waals surface area (Å²) in [7, 11) is 1.67. The first-order valence-corrected chi connectivity index (χ1v) is 6.35. The highest BCUT2D eigenvalue weighted by Crippen LogP contribution is 2.20. The van der Waals surface area contributed by atoms with Crippen molar-refractivity contribution in [2.24, 2.45) is 11.7 Å². The minimum Gasteiger partial charge on any atom is -0.497 e. The summed E-state index contributed by atoms with van der Waals surface area (Å²) in [5.41, 5.74) is 7.01. The van der Waals surface area contributed by atoms with Gasteiger partial charge in [0.05, 0.1) is 7.11 Å². The first-order chi connectivity index (χ1) is 8.62. The van der Waals surface area contributed by atoms with Gasteiger partial charge in [-0.15, -0.1) is 6.58 Å². The number of benzene rings is 1. The van der Waals surface area contributed by atoms with Gasteiger partial charge in [0.25, 0.3) is 0 Å². The molecule has 0 heterocycles. The van der Waals surface area contributed by atoms with Crippen molar-refractivity contribution in [2.75, 3.05) is 13.7 Å². The van der Waals surface area contributed by atoms with Crippen LogP contribution in [-0.4, -0.2) is 19.7 Å². The summed E-state index contributed by atoms with van der Waals surface area (Å²) in [4.78, 5) is 0. The van der Waals surface area contributed by atoms with E-state index in [1.165, 1.54) is 0 Å². The molecule has 1 aromatic rings. The zero-order chi connectivity index (χ0) is 13.5. The summed E-state index contributed by atoms with van der Waals surface area (Å²) >= 11 is 0. The Bertz CT molecular complexity index is 379. The van der Waals surface area contributed by atoms with Crippen LogP contribution in [0.15, 0.2) is 36.9 Å².